The van der Waals surface area contributed by atoms with Gasteiger partial charge >= 0.3 is 0 Å². The van der Waals surface area contributed by atoms with Crippen LogP contribution in [0.15, 0.2) is 30.3 Å². The lowest BCUT2D eigenvalue weighted by atomic mass is 9.95. The highest BCUT2D eigenvalue weighted by atomic mass is 19.3. The predicted octanol–water partition coefficient (Wildman–Crippen LogP) is 1.69. The van der Waals surface area contributed by atoms with Crippen LogP contribution in [0.2, 0.25) is 0 Å². The monoisotopic (exact) mass is 270 g/mol. The van der Waals surface area contributed by atoms with E-state index in [9.17, 15) is 8.78 Å². The van der Waals surface area contributed by atoms with Crippen molar-refractivity contribution in [2.45, 2.75) is 18.4 Å². The van der Waals surface area contributed by atoms with Crippen LogP contribution in [0.4, 0.5) is 8.78 Å². The first-order chi connectivity index (χ1) is 9.16. The zero-order chi connectivity index (χ0) is 13.7. The summed E-state index contributed by atoms with van der Waals surface area (Å²) < 4.78 is 28.7. The average Bonchev–Trinajstić information content (AvgIpc) is 2.77. The molecule has 1 aliphatic rings. The molecule has 5 heteroatoms. The average molecular weight is 270 g/mol. The van der Waals surface area contributed by atoms with Crippen molar-refractivity contribution in [3.05, 3.63) is 35.9 Å². The molecule has 1 aliphatic heterocycles. The van der Waals surface area contributed by atoms with Gasteiger partial charge in [-0.25, -0.2) is 8.78 Å². The largest absolute Gasteiger partial charge is 0.374 e. The molecule has 1 heterocycles. The van der Waals surface area contributed by atoms with Gasteiger partial charge < -0.3 is 10.5 Å². The summed E-state index contributed by atoms with van der Waals surface area (Å²) in [4.78, 5) is 2.17. The number of rotatable bonds is 6. The van der Waals surface area contributed by atoms with Gasteiger partial charge in [-0.15, -0.1) is 0 Å². The van der Waals surface area contributed by atoms with Crippen molar-refractivity contribution >= 4 is 0 Å². The highest BCUT2D eigenvalue weighted by molar-refractivity contribution is 5.23. The summed E-state index contributed by atoms with van der Waals surface area (Å²) in [6, 6.07) is 10.3. The molecule has 0 aliphatic carbocycles. The Hall–Kier alpha value is -1.04. The quantitative estimate of drug-likeness (QED) is 0.800. The van der Waals surface area contributed by atoms with Gasteiger partial charge in [-0.05, 0) is 5.56 Å². The lowest BCUT2D eigenvalue weighted by Crippen LogP contribution is -2.30. The van der Waals surface area contributed by atoms with Gasteiger partial charge in [0.1, 0.15) is 6.61 Å². The molecule has 0 radical (unpaired) electrons. The minimum atomic E-state index is -2.39. The van der Waals surface area contributed by atoms with Crippen molar-refractivity contribution in [1.82, 2.24) is 4.90 Å². The fourth-order valence-corrected chi connectivity index (χ4v) is 2.51. The van der Waals surface area contributed by atoms with E-state index in [2.05, 4.69) is 17.0 Å². The maximum Gasteiger partial charge on any atom is 0.261 e. The Morgan fingerprint density at radius 2 is 2.00 bits per heavy atom. The Morgan fingerprint density at radius 3 is 2.68 bits per heavy atom. The highest BCUT2D eigenvalue weighted by Crippen LogP contribution is 2.25. The summed E-state index contributed by atoms with van der Waals surface area (Å²) in [7, 11) is 0. The van der Waals surface area contributed by atoms with Crippen molar-refractivity contribution in [2.24, 2.45) is 5.73 Å². The third-order valence-electron chi connectivity index (χ3n) is 3.46. The molecule has 2 N–H and O–H groups in total. The van der Waals surface area contributed by atoms with Crippen LogP contribution in [0, 0.1) is 0 Å². The summed E-state index contributed by atoms with van der Waals surface area (Å²) in [5.74, 6) is 0.316. The van der Waals surface area contributed by atoms with Crippen LogP contribution in [0.3, 0.4) is 0 Å². The first kappa shape index (κ1) is 14.4. The SMILES string of the molecule is N[C@@H]1CN(CCOCC(F)F)C[C@H]1c1ccccc1. The van der Waals surface area contributed by atoms with Crippen LogP contribution in [-0.2, 0) is 4.74 Å². The molecule has 3 nitrogen and oxygen atoms in total. The zero-order valence-corrected chi connectivity index (χ0v) is 10.8. The van der Waals surface area contributed by atoms with E-state index in [0.29, 0.717) is 19.1 Å². The molecular weight excluding hydrogens is 250 g/mol. The van der Waals surface area contributed by atoms with E-state index >= 15 is 0 Å². The predicted molar refractivity (Wildman–Crippen MR) is 70.4 cm³/mol. The van der Waals surface area contributed by atoms with Crippen molar-refractivity contribution in [2.75, 3.05) is 32.8 Å². The molecule has 1 aromatic carbocycles. The number of likely N-dealkylation sites (tertiary alicyclic amines) is 1. The topological polar surface area (TPSA) is 38.5 Å². The molecule has 2 atom stereocenters. The Morgan fingerprint density at radius 1 is 1.26 bits per heavy atom. The van der Waals surface area contributed by atoms with Crippen molar-refractivity contribution in [3.63, 3.8) is 0 Å². The van der Waals surface area contributed by atoms with Crippen molar-refractivity contribution in [1.29, 1.82) is 0 Å². The standard InChI is InChI=1S/C14H20F2N2O/c15-14(16)10-19-7-6-18-8-12(13(17)9-18)11-4-2-1-3-5-11/h1-5,12-14H,6-10,17H2/t12-,13+/m0/s1. The lowest BCUT2D eigenvalue weighted by Gasteiger charge is -2.16. The van der Waals surface area contributed by atoms with E-state index in [4.69, 9.17) is 10.5 Å². The molecule has 0 unspecified atom stereocenters. The number of nitrogens with two attached hydrogens (primary N) is 1. The summed E-state index contributed by atoms with van der Waals surface area (Å²) >= 11 is 0. The summed E-state index contributed by atoms with van der Waals surface area (Å²) in [6.07, 6.45) is -2.39. The maximum absolute atomic E-state index is 11.9. The van der Waals surface area contributed by atoms with E-state index in [1.807, 2.05) is 18.2 Å². The number of ether oxygens (including phenoxy) is 1. The van der Waals surface area contributed by atoms with E-state index in [0.717, 1.165) is 13.1 Å². The minimum absolute atomic E-state index is 0.0949. The van der Waals surface area contributed by atoms with Gasteiger partial charge in [0.05, 0.1) is 6.61 Å². The smallest absolute Gasteiger partial charge is 0.261 e. The third kappa shape index (κ3) is 4.23. The van der Waals surface area contributed by atoms with Crippen LogP contribution >= 0.6 is 0 Å². The van der Waals surface area contributed by atoms with Gasteiger partial charge in [0, 0.05) is 31.6 Å². The molecule has 2 rings (SSSR count). The minimum Gasteiger partial charge on any atom is -0.374 e. The van der Waals surface area contributed by atoms with Gasteiger partial charge in [0.15, 0.2) is 0 Å². The number of halogens is 2. The van der Waals surface area contributed by atoms with Crippen LogP contribution in [0.1, 0.15) is 11.5 Å². The second kappa shape index (κ2) is 6.93. The summed E-state index contributed by atoms with van der Waals surface area (Å²) in [6.45, 7) is 2.16. The molecule has 1 aromatic rings. The first-order valence-electron chi connectivity index (χ1n) is 6.55. The van der Waals surface area contributed by atoms with Crippen LogP contribution in [0.5, 0.6) is 0 Å². The Bertz CT molecular complexity index is 375. The van der Waals surface area contributed by atoms with E-state index < -0.39 is 13.0 Å². The number of hydrogen-bond donors (Lipinski definition) is 1. The van der Waals surface area contributed by atoms with Crippen molar-refractivity contribution < 1.29 is 13.5 Å². The number of hydrogen-bond acceptors (Lipinski definition) is 3. The highest BCUT2D eigenvalue weighted by Gasteiger charge is 2.30. The molecule has 1 saturated heterocycles. The van der Waals surface area contributed by atoms with Crippen LogP contribution < -0.4 is 5.73 Å². The van der Waals surface area contributed by atoms with E-state index in [1.54, 1.807) is 0 Å². The molecule has 0 spiro atoms. The number of alkyl halides is 2. The maximum atomic E-state index is 11.9. The third-order valence-corrected chi connectivity index (χ3v) is 3.46. The van der Waals surface area contributed by atoms with Crippen molar-refractivity contribution in [3.8, 4) is 0 Å². The fraction of sp³-hybridized carbons (Fsp3) is 0.571. The van der Waals surface area contributed by atoms with E-state index in [1.165, 1.54) is 5.56 Å². The molecule has 0 amide bonds. The second-order valence-corrected chi connectivity index (χ2v) is 4.91. The first-order valence-corrected chi connectivity index (χ1v) is 6.55. The molecule has 0 saturated carbocycles. The van der Waals surface area contributed by atoms with Gasteiger partial charge in [-0.2, -0.15) is 0 Å². The Kier molecular flexibility index (Phi) is 5.24. The number of nitrogens with zero attached hydrogens (tertiary/aromatic N) is 1. The molecule has 1 fully saturated rings. The van der Waals surface area contributed by atoms with Gasteiger partial charge in [-0.3, -0.25) is 4.90 Å². The zero-order valence-electron chi connectivity index (χ0n) is 10.8. The lowest BCUT2D eigenvalue weighted by molar-refractivity contribution is 0.0113. The van der Waals surface area contributed by atoms with Gasteiger partial charge in [0.25, 0.3) is 6.43 Å². The fourth-order valence-electron chi connectivity index (χ4n) is 2.51. The number of benzene rings is 1. The Balaban J connectivity index is 1.78. The van der Waals surface area contributed by atoms with Gasteiger partial charge in [-0.1, -0.05) is 30.3 Å². The van der Waals surface area contributed by atoms with Crippen LogP contribution in [0.25, 0.3) is 0 Å². The second-order valence-electron chi connectivity index (χ2n) is 4.91. The van der Waals surface area contributed by atoms with Crippen LogP contribution in [-0.4, -0.2) is 50.2 Å². The molecule has 0 bridgehead atoms. The molecule has 106 valence electrons. The normalized spacial score (nSPS) is 24.2. The van der Waals surface area contributed by atoms with E-state index in [-0.39, 0.29) is 6.04 Å². The Labute approximate surface area is 112 Å². The van der Waals surface area contributed by atoms with Gasteiger partial charge in [0.2, 0.25) is 0 Å². The molecule has 0 aromatic heterocycles. The summed E-state index contributed by atoms with van der Waals surface area (Å²) in [5, 5.41) is 0. The molecule has 19 heavy (non-hydrogen) atoms. The summed E-state index contributed by atoms with van der Waals surface area (Å²) in [5.41, 5.74) is 7.39. The molecular formula is C14H20F2N2O.